The molecular formula is C16H19FN2OS. The molecule has 0 saturated heterocycles. The zero-order valence-corrected chi connectivity index (χ0v) is 12.7. The molecule has 5 heteroatoms. The van der Waals surface area contributed by atoms with Gasteiger partial charge in [0.15, 0.2) is 5.16 Å². The fourth-order valence-corrected chi connectivity index (χ4v) is 3.96. The van der Waals surface area contributed by atoms with Crippen LogP contribution in [0, 0.1) is 5.82 Å². The summed E-state index contributed by atoms with van der Waals surface area (Å²) in [6, 6.07) is 7.27. The van der Waals surface area contributed by atoms with Crippen LogP contribution >= 0.6 is 11.8 Å². The average Bonchev–Trinajstić information content (AvgIpc) is 3.15. The number of hydrogen-bond donors (Lipinski definition) is 1. The molecule has 1 aliphatic rings. The first-order chi connectivity index (χ1) is 10.3. The fourth-order valence-electron chi connectivity index (χ4n) is 2.91. The van der Waals surface area contributed by atoms with E-state index < -0.39 is 0 Å². The molecule has 1 fully saturated rings. The van der Waals surface area contributed by atoms with E-state index in [9.17, 15) is 9.50 Å². The van der Waals surface area contributed by atoms with Crippen molar-refractivity contribution in [2.75, 3.05) is 0 Å². The zero-order chi connectivity index (χ0) is 14.7. The highest BCUT2D eigenvalue weighted by Crippen LogP contribution is 2.35. The van der Waals surface area contributed by atoms with Gasteiger partial charge in [-0.3, -0.25) is 0 Å². The topological polar surface area (TPSA) is 38.1 Å². The van der Waals surface area contributed by atoms with Crippen molar-refractivity contribution in [3.8, 4) is 0 Å². The highest BCUT2D eigenvalue weighted by molar-refractivity contribution is 7.98. The Morgan fingerprint density at radius 2 is 2.05 bits per heavy atom. The van der Waals surface area contributed by atoms with E-state index in [1.807, 2.05) is 6.07 Å². The third kappa shape index (κ3) is 3.14. The van der Waals surface area contributed by atoms with Crippen LogP contribution in [0.1, 0.15) is 43.0 Å². The monoisotopic (exact) mass is 306 g/mol. The van der Waals surface area contributed by atoms with Crippen molar-refractivity contribution in [2.45, 2.75) is 49.2 Å². The van der Waals surface area contributed by atoms with Crippen LogP contribution in [0.3, 0.4) is 0 Å². The maximum atomic E-state index is 13.7. The normalized spacial score (nSPS) is 15.7. The molecule has 1 saturated carbocycles. The number of benzene rings is 1. The van der Waals surface area contributed by atoms with Crippen LogP contribution in [0.5, 0.6) is 0 Å². The Labute approximate surface area is 128 Å². The van der Waals surface area contributed by atoms with Gasteiger partial charge in [0.05, 0.1) is 18.5 Å². The molecule has 0 bridgehead atoms. The summed E-state index contributed by atoms with van der Waals surface area (Å²) in [6.45, 7) is 0.00373. The van der Waals surface area contributed by atoms with E-state index in [2.05, 4.69) is 9.55 Å². The third-order valence-electron chi connectivity index (χ3n) is 4.01. The molecule has 2 aromatic rings. The minimum atomic E-state index is -0.175. The predicted molar refractivity (Wildman–Crippen MR) is 81.6 cm³/mol. The van der Waals surface area contributed by atoms with Crippen molar-refractivity contribution in [3.63, 3.8) is 0 Å². The van der Waals surface area contributed by atoms with Gasteiger partial charge < -0.3 is 9.67 Å². The van der Waals surface area contributed by atoms with E-state index in [0.717, 1.165) is 23.7 Å². The molecule has 112 valence electrons. The third-order valence-corrected chi connectivity index (χ3v) is 5.02. The molecule has 1 aliphatic carbocycles. The van der Waals surface area contributed by atoms with E-state index in [-0.39, 0.29) is 12.4 Å². The molecule has 0 unspecified atom stereocenters. The van der Waals surface area contributed by atoms with Crippen molar-refractivity contribution < 1.29 is 9.50 Å². The lowest BCUT2D eigenvalue weighted by Gasteiger charge is -2.17. The summed E-state index contributed by atoms with van der Waals surface area (Å²) in [6.07, 6.45) is 6.46. The van der Waals surface area contributed by atoms with Crippen LogP contribution in [0.25, 0.3) is 0 Å². The average molecular weight is 306 g/mol. The Balaban J connectivity index is 1.79. The summed E-state index contributed by atoms with van der Waals surface area (Å²) in [7, 11) is 0. The van der Waals surface area contributed by atoms with E-state index in [4.69, 9.17) is 0 Å². The molecule has 3 rings (SSSR count). The lowest BCUT2D eigenvalue weighted by atomic mass is 10.2. The maximum absolute atomic E-state index is 13.7. The molecule has 1 aromatic carbocycles. The standard InChI is InChI=1S/C16H19FN2OS/c17-15-8-4-1-5-12(15)11-21-16-18-9-14(10-20)19(16)13-6-2-3-7-13/h1,4-5,8-9,13,20H,2-3,6-7,10-11H2. The molecule has 0 spiro atoms. The van der Waals surface area contributed by atoms with Gasteiger partial charge in [0.2, 0.25) is 0 Å². The van der Waals surface area contributed by atoms with Gasteiger partial charge in [-0.15, -0.1) is 0 Å². The number of aliphatic hydroxyl groups excluding tert-OH is 1. The second-order valence-corrected chi connectivity index (χ2v) is 6.32. The number of imidazole rings is 1. The van der Waals surface area contributed by atoms with Gasteiger partial charge in [0, 0.05) is 11.8 Å². The number of nitrogens with zero attached hydrogens (tertiary/aromatic N) is 2. The molecular weight excluding hydrogens is 287 g/mol. The Kier molecular flexibility index (Phi) is 4.60. The summed E-state index contributed by atoms with van der Waals surface area (Å²) in [5.41, 5.74) is 1.55. The Hall–Kier alpha value is -1.33. The van der Waals surface area contributed by atoms with Crippen LogP contribution < -0.4 is 0 Å². The van der Waals surface area contributed by atoms with Crippen molar-refractivity contribution >= 4 is 11.8 Å². The van der Waals surface area contributed by atoms with Gasteiger partial charge in [-0.25, -0.2) is 9.37 Å². The molecule has 0 amide bonds. The van der Waals surface area contributed by atoms with Crippen LogP contribution in [-0.4, -0.2) is 14.7 Å². The molecule has 21 heavy (non-hydrogen) atoms. The molecule has 0 radical (unpaired) electrons. The van der Waals surface area contributed by atoms with E-state index >= 15 is 0 Å². The first-order valence-corrected chi connectivity index (χ1v) is 8.31. The highest BCUT2D eigenvalue weighted by Gasteiger charge is 2.22. The lowest BCUT2D eigenvalue weighted by Crippen LogP contribution is -2.10. The first kappa shape index (κ1) is 14.6. The second kappa shape index (κ2) is 6.62. The van der Waals surface area contributed by atoms with Crippen LogP contribution in [0.15, 0.2) is 35.6 Å². The summed E-state index contributed by atoms with van der Waals surface area (Å²) >= 11 is 1.54. The van der Waals surface area contributed by atoms with Crippen molar-refractivity contribution in [1.29, 1.82) is 0 Å². The molecule has 0 aliphatic heterocycles. The quantitative estimate of drug-likeness (QED) is 0.851. The van der Waals surface area contributed by atoms with Gasteiger partial charge in [0.25, 0.3) is 0 Å². The number of aliphatic hydroxyl groups is 1. The Morgan fingerprint density at radius 1 is 1.29 bits per heavy atom. The minimum absolute atomic E-state index is 0.00373. The van der Waals surface area contributed by atoms with Gasteiger partial charge in [-0.05, 0) is 24.5 Å². The van der Waals surface area contributed by atoms with E-state index in [1.54, 1.807) is 18.3 Å². The summed E-state index contributed by atoms with van der Waals surface area (Å²) in [4.78, 5) is 4.42. The molecule has 0 atom stereocenters. The summed E-state index contributed by atoms with van der Waals surface area (Å²) in [5, 5.41) is 10.4. The second-order valence-electron chi connectivity index (χ2n) is 5.38. The molecule has 1 heterocycles. The van der Waals surface area contributed by atoms with Gasteiger partial charge in [0.1, 0.15) is 5.82 Å². The van der Waals surface area contributed by atoms with Crippen LogP contribution in [0.2, 0.25) is 0 Å². The van der Waals surface area contributed by atoms with Crippen LogP contribution in [-0.2, 0) is 12.4 Å². The Morgan fingerprint density at radius 3 is 2.76 bits per heavy atom. The first-order valence-electron chi connectivity index (χ1n) is 7.32. The van der Waals surface area contributed by atoms with Crippen molar-refractivity contribution in [2.24, 2.45) is 0 Å². The highest BCUT2D eigenvalue weighted by atomic mass is 32.2. The molecule has 1 aromatic heterocycles. The lowest BCUT2D eigenvalue weighted by molar-refractivity contribution is 0.263. The Bertz CT molecular complexity index is 608. The molecule has 1 N–H and O–H groups in total. The number of thioether (sulfide) groups is 1. The SMILES string of the molecule is OCc1cnc(SCc2ccccc2F)n1C1CCCC1. The number of aromatic nitrogens is 2. The van der Waals surface area contributed by atoms with Crippen LogP contribution in [0.4, 0.5) is 4.39 Å². The van der Waals surface area contributed by atoms with Crippen molar-refractivity contribution in [1.82, 2.24) is 9.55 Å². The maximum Gasteiger partial charge on any atom is 0.168 e. The largest absolute Gasteiger partial charge is 0.390 e. The zero-order valence-electron chi connectivity index (χ0n) is 11.8. The van der Waals surface area contributed by atoms with E-state index in [0.29, 0.717) is 17.4 Å². The fraction of sp³-hybridized carbons (Fsp3) is 0.438. The predicted octanol–water partition coefficient (Wildman–Crippen LogP) is 3.92. The number of hydrogen-bond acceptors (Lipinski definition) is 3. The van der Waals surface area contributed by atoms with E-state index in [1.165, 1.54) is 30.7 Å². The summed E-state index contributed by atoms with van der Waals surface area (Å²) in [5.74, 6) is 0.382. The summed E-state index contributed by atoms with van der Waals surface area (Å²) < 4.78 is 15.8. The smallest absolute Gasteiger partial charge is 0.168 e. The van der Waals surface area contributed by atoms with Gasteiger partial charge in [-0.1, -0.05) is 42.8 Å². The van der Waals surface area contributed by atoms with Gasteiger partial charge >= 0.3 is 0 Å². The number of rotatable bonds is 5. The van der Waals surface area contributed by atoms with Gasteiger partial charge in [-0.2, -0.15) is 0 Å². The minimum Gasteiger partial charge on any atom is -0.390 e. The molecule has 3 nitrogen and oxygen atoms in total. The van der Waals surface area contributed by atoms with Crippen molar-refractivity contribution in [3.05, 3.63) is 47.5 Å². The number of halogens is 1.